The number of ether oxygens (including phenoxy) is 2. The van der Waals surface area contributed by atoms with Gasteiger partial charge in [0, 0.05) is 13.5 Å². The van der Waals surface area contributed by atoms with Gasteiger partial charge in [-0.15, -0.1) is 12.3 Å². The zero-order valence-corrected chi connectivity index (χ0v) is 16.8. The van der Waals surface area contributed by atoms with E-state index in [4.69, 9.17) is 21.6 Å². The van der Waals surface area contributed by atoms with Crippen molar-refractivity contribution in [1.82, 2.24) is 4.98 Å². The third-order valence-corrected chi connectivity index (χ3v) is 4.31. The van der Waals surface area contributed by atoms with Crippen LogP contribution in [-0.4, -0.2) is 24.6 Å². The first-order chi connectivity index (χ1) is 14.0. The van der Waals surface area contributed by atoms with Gasteiger partial charge in [0.15, 0.2) is 11.6 Å². The summed E-state index contributed by atoms with van der Waals surface area (Å²) in [4.78, 5) is 16.8. The molecule has 1 aromatic carbocycles. The highest BCUT2D eigenvalue weighted by molar-refractivity contribution is 6.07. The number of nitrogens with one attached hydrogen (secondary N) is 1. The van der Waals surface area contributed by atoms with Crippen LogP contribution in [0.2, 0.25) is 0 Å². The minimum atomic E-state index is -0.635. The molecule has 0 saturated heterocycles. The molecule has 154 valence electrons. The molecule has 7 heteroatoms. The Bertz CT molecular complexity index is 894. The lowest BCUT2D eigenvalue weighted by atomic mass is 10.1. The number of benzene rings is 1. The summed E-state index contributed by atoms with van der Waals surface area (Å²) >= 11 is 0. The molecule has 0 atom stereocenters. The summed E-state index contributed by atoms with van der Waals surface area (Å²) in [5, 5.41) is 2.54. The second-order valence-corrected chi connectivity index (χ2v) is 6.55. The molecule has 0 spiro atoms. The quantitative estimate of drug-likeness (QED) is 0.464. The molecule has 0 unspecified atom stereocenters. The normalized spacial score (nSPS) is 10.4. The van der Waals surface area contributed by atoms with Crippen LogP contribution in [-0.2, 0) is 11.3 Å². The van der Waals surface area contributed by atoms with Gasteiger partial charge >= 0.3 is 0 Å². The molecule has 0 bridgehead atoms. The molecule has 0 saturated carbocycles. The van der Waals surface area contributed by atoms with Crippen molar-refractivity contribution < 1.29 is 18.7 Å². The van der Waals surface area contributed by atoms with E-state index in [2.05, 4.69) is 16.2 Å². The van der Waals surface area contributed by atoms with Crippen molar-refractivity contribution in [2.75, 3.05) is 24.8 Å². The fourth-order valence-corrected chi connectivity index (χ4v) is 2.73. The van der Waals surface area contributed by atoms with Crippen LogP contribution in [0.5, 0.6) is 5.75 Å². The maximum atomic E-state index is 14.7. The van der Waals surface area contributed by atoms with E-state index in [-0.39, 0.29) is 29.4 Å². The summed E-state index contributed by atoms with van der Waals surface area (Å²) in [6, 6.07) is 6.20. The van der Waals surface area contributed by atoms with E-state index in [1.165, 1.54) is 12.1 Å². The number of pyridine rings is 1. The average molecular weight is 399 g/mol. The maximum absolute atomic E-state index is 14.7. The van der Waals surface area contributed by atoms with Crippen LogP contribution < -0.4 is 15.8 Å². The van der Waals surface area contributed by atoms with Crippen LogP contribution in [0.1, 0.15) is 47.3 Å². The smallest absolute Gasteiger partial charge is 0.259 e. The molecule has 3 N–H and O–H groups in total. The minimum Gasteiger partial charge on any atom is -0.490 e. The Hall–Kier alpha value is -3.11. The fraction of sp³-hybridized carbons (Fsp3) is 0.364. The number of methoxy groups -OCH3 is 1. The van der Waals surface area contributed by atoms with Crippen molar-refractivity contribution in [2.24, 2.45) is 0 Å². The maximum Gasteiger partial charge on any atom is 0.259 e. The Morgan fingerprint density at radius 1 is 1.34 bits per heavy atom. The van der Waals surface area contributed by atoms with E-state index < -0.39 is 11.7 Å². The lowest BCUT2D eigenvalue weighted by molar-refractivity contribution is 0.102. The number of nitrogens with two attached hydrogens (primary N) is 1. The average Bonchev–Trinajstić information content (AvgIpc) is 2.69. The van der Waals surface area contributed by atoms with Crippen molar-refractivity contribution in [2.45, 2.75) is 39.2 Å². The van der Waals surface area contributed by atoms with E-state index in [0.717, 1.165) is 31.2 Å². The first-order valence-corrected chi connectivity index (χ1v) is 9.39. The monoisotopic (exact) mass is 399 g/mol. The van der Waals surface area contributed by atoms with Gasteiger partial charge in [0.2, 0.25) is 0 Å². The number of unbranched alkanes of at least 4 members (excludes halogenated alkanes) is 3. The molecule has 0 aliphatic carbocycles. The summed E-state index contributed by atoms with van der Waals surface area (Å²) < 4.78 is 25.3. The highest BCUT2D eigenvalue weighted by atomic mass is 19.1. The van der Waals surface area contributed by atoms with Crippen LogP contribution in [0.15, 0.2) is 24.3 Å². The molecule has 0 aliphatic rings. The Morgan fingerprint density at radius 2 is 2.14 bits per heavy atom. The summed E-state index contributed by atoms with van der Waals surface area (Å²) in [6.07, 6.45) is 8.52. The Morgan fingerprint density at radius 3 is 2.86 bits per heavy atom. The van der Waals surface area contributed by atoms with Crippen LogP contribution in [0.3, 0.4) is 0 Å². The second kappa shape index (κ2) is 11.0. The molecular formula is C22H26FN3O3. The number of aryl methyl sites for hydroxylation is 1. The predicted octanol–water partition coefficient (Wildman–Crippen LogP) is 4.08. The lowest BCUT2D eigenvalue weighted by Crippen LogP contribution is -2.17. The molecule has 1 aromatic heterocycles. The zero-order chi connectivity index (χ0) is 21.2. The molecule has 29 heavy (non-hydrogen) atoms. The van der Waals surface area contributed by atoms with Gasteiger partial charge in [-0.05, 0) is 49.9 Å². The number of nitrogen functional groups attached to an aromatic ring is 1. The number of nitrogens with zero attached hydrogens (tertiary/aromatic N) is 1. The van der Waals surface area contributed by atoms with Gasteiger partial charge in [0.25, 0.3) is 5.91 Å². The Labute approximate surface area is 170 Å². The van der Waals surface area contributed by atoms with E-state index in [9.17, 15) is 9.18 Å². The summed E-state index contributed by atoms with van der Waals surface area (Å²) in [7, 11) is 1.55. The molecule has 1 amide bonds. The SMILES string of the molecule is C#CCCCCCOc1cccc(NC(=O)c2cc(C)c(COC)nc2N)c1F. The number of rotatable bonds is 10. The fourth-order valence-electron chi connectivity index (χ4n) is 2.73. The molecular weight excluding hydrogens is 373 g/mol. The number of hydrogen-bond acceptors (Lipinski definition) is 5. The Kier molecular flexibility index (Phi) is 8.44. The van der Waals surface area contributed by atoms with Crippen LogP contribution in [0, 0.1) is 25.1 Å². The molecule has 0 aliphatic heterocycles. The minimum absolute atomic E-state index is 0.0119. The molecule has 2 rings (SSSR count). The van der Waals surface area contributed by atoms with Crippen LogP contribution >= 0.6 is 0 Å². The van der Waals surface area contributed by atoms with Crippen LogP contribution in [0.4, 0.5) is 15.9 Å². The molecule has 6 nitrogen and oxygen atoms in total. The van der Waals surface area contributed by atoms with Gasteiger partial charge in [-0.2, -0.15) is 0 Å². The molecule has 0 fully saturated rings. The summed E-state index contributed by atoms with van der Waals surface area (Å²) in [5.41, 5.74) is 7.48. The van der Waals surface area contributed by atoms with E-state index in [0.29, 0.717) is 12.3 Å². The topological polar surface area (TPSA) is 86.5 Å². The predicted molar refractivity (Wildman–Crippen MR) is 111 cm³/mol. The highest BCUT2D eigenvalue weighted by Crippen LogP contribution is 2.26. The number of hydrogen-bond donors (Lipinski definition) is 2. The number of carbonyl (C=O) groups excluding carboxylic acids is 1. The second-order valence-electron chi connectivity index (χ2n) is 6.55. The lowest BCUT2D eigenvalue weighted by Gasteiger charge is -2.13. The van der Waals surface area contributed by atoms with Gasteiger partial charge in [0.1, 0.15) is 5.82 Å². The van der Waals surface area contributed by atoms with Gasteiger partial charge in [-0.3, -0.25) is 4.79 Å². The number of terminal acetylenes is 1. The summed E-state index contributed by atoms with van der Waals surface area (Å²) in [6.45, 7) is 2.46. The summed E-state index contributed by atoms with van der Waals surface area (Å²) in [5.74, 6) is 1.53. The molecule has 0 radical (unpaired) electrons. The largest absolute Gasteiger partial charge is 0.490 e. The van der Waals surface area contributed by atoms with Crippen molar-refractivity contribution in [3.05, 3.63) is 46.9 Å². The first kappa shape index (κ1) is 22.2. The van der Waals surface area contributed by atoms with Crippen molar-refractivity contribution in [3.8, 4) is 18.1 Å². The van der Waals surface area contributed by atoms with Gasteiger partial charge in [-0.25, -0.2) is 9.37 Å². The third-order valence-electron chi connectivity index (χ3n) is 4.31. The third kappa shape index (κ3) is 6.19. The number of halogens is 1. The van der Waals surface area contributed by atoms with Crippen molar-refractivity contribution in [1.29, 1.82) is 0 Å². The number of amides is 1. The van der Waals surface area contributed by atoms with E-state index >= 15 is 0 Å². The number of aromatic nitrogens is 1. The van der Waals surface area contributed by atoms with E-state index in [1.54, 1.807) is 26.2 Å². The van der Waals surface area contributed by atoms with Gasteiger partial charge < -0.3 is 20.5 Å². The first-order valence-electron chi connectivity index (χ1n) is 9.39. The molecule has 2 aromatic rings. The van der Waals surface area contributed by atoms with Crippen LogP contribution in [0.25, 0.3) is 0 Å². The van der Waals surface area contributed by atoms with Crippen molar-refractivity contribution >= 4 is 17.4 Å². The Balaban J connectivity index is 2.05. The number of carbonyl (C=O) groups is 1. The van der Waals surface area contributed by atoms with Gasteiger partial charge in [-0.1, -0.05) is 6.07 Å². The van der Waals surface area contributed by atoms with E-state index in [1.807, 2.05) is 0 Å². The van der Waals surface area contributed by atoms with Crippen molar-refractivity contribution in [3.63, 3.8) is 0 Å². The number of anilines is 2. The van der Waals surface area contributed by atoms with Gasteiger partial charge in [0.05, 0.1) is 30.2 Å². The zero-order valence-electron chi connectivity index (χ0n) is 16.8. The highest BCUT2D eigenvalue weighted by Gasteiger charge is 2.17. The standard InChI is InChI=1S/C22H26FN3O3/c1-4-5-6-7-8-12-29-19-11-9-10-17(20(19)23)26-22(27)16-13-15(2)18(14-28-3)25-21(16)24/h1,9-11,13H,5-8,12,14H2,2-3H3,(H2,24,25)(H,26,27). The molecule has 1 heterocycles.